The van der Waals surface area contributed by atoms with Crippen molar-refractivity contribution >= 4 is 5.97 Å². The maximum absolute atomic E-state index is 12.5. The number of ether oxygens (including phenoxy) is 3. The van der Waals surface area contributed by atoms with Crippen molar-refractivity contribution in [3.8, 4) is 17.2 Å². The number of esters is 1. The summed E-state index contributed by atoms with van der Waals surface area (Å²) < 4.78 is 16.0. The van der Waals surface area contributed by atoms with Crippen molar-refractivity contribution < 1.29 is 24.1 Å². The summed E-state index contributed by atoms with van der Waals surface area (Å²) in [5.74, 6) is 0.0250. The van der Waals surface area contributed by atoms with E-state index < -0.39 is 17.4 Å². The number of aryl methyl sites for hydroxylation is 1. The second kappa shape index (κ2) is 9.30. The first kappa shape index (κ1) is 21.3. The molecule has 7 nitrogen and oxygen atoms in total. The molecule has 1 atom stereocenters. The van der Waals surface area contributed by atoms with Crippen LogP contribution in [-0.2, 0) is 9.53 Å². The molecule has 0 saturated heterocycles. The number of nitrogens with one attached hydrogen (secondary N) is 1. The van der Waals surface area contributed by atoms with E-state index in [-0.39, 0.29) is 17.7 Å². The average Bonchev–Trinajstić information content (AvgIpc) is 2.64. The monoisotopic (exact) mass is 389 g/mol. The molecular weight excluding hydrogens is 362 g/mol. The van der Waals surface area contributed by atoms with Crippen LogP contribution in [0.25, 0.3) is 0 Å². The lowest BCUT2D eigenvalue weighted by Gasteiger charge is -2.20. The zero-order valence-corrected chi connectivity index (χ0v) is 16.9. The van der Waals surface area contributed by atoms with E-state index in [1.807, 2.05) is 13.8 Å². The number of hydrogen-bond donors (Lipinski definition) is 2. The van der Waals surface area contributed by atoms with Gasteiger partial charge < -0.3 is 24.3 Å². The molecule has 0 spiro atoms. The van der Waals surface area contributed by atoms with Crippen molar-refractivity contribution in [1.29, 1.82) is 0 Å². The van der Waals surface area contributed by atoms with Crippen LogP contribution in [0.3, 0.4) is 0 Å². The summed E-state index contributed by atoms with van der Waals surface area (Å²) in [6, 6.07) is 6.66. The predicted molar refractivity (Wildman–Crippen MR) is 105 cm³/mol. The van der Waals surface area contributed by atoms with Crippen LogP contribution in [0.5, 0.6) is 17.2 Å². The van der Waals surface area contributed by atoms with Crippen LogP contribution in [0.4, 0.5) is 0 Å². The molecule has 2 aromatic rings. The minimum Gasteiger partial charge on any atom is -0.507 e. The number of aromatic nitrogens is 1. The van der Waals surface area contributed by atoms with Crippen LogP contribution >= 0.6 is 0 Å². The van der Waals surface area contributed by atoms with E-state index in [4.69, 9.17) is 14.2 Å². The summed E-state index contributed by atoms with van der Waals surface area (Å²) in [5.41, 5.74) is 0.807. The fraction of sp³-hybridized carbons (Fsp3) is 0.429. The molecule has 0 fully saturated rings. The highest BCUT2D eigenvalue weighted by Crippen LogP contribution is 2.37. The van der Waals surface area contributed by atoms with E-state index >= 15 is 0 Å². The number of methoxy groups -OCH3 is 2. The number of hydrogen-bond acceptors (Lipinski definition) is 6. The van der Waals surface area contributed by atoms with Gasteiger partial charge in [-0.15, -0.1) is 0 Å². The molecule has 0 bridgehead atoms. The molecule has 0 aliphatic rings. The van der Waals surface area contributed by atoms with Gasteiger partial charge in [-0.3, -0.25) is 9.59 Å². The summed E-state index contributed by atoms with van der Waals surface area (Å²) in [5, 5.41) is 10.4. The predicted octanol–water partition coefficient (Wildman–Crippen LogP) is 3.13. The lowest BCUT2D eigenvalue weighted by Crippen LogP contribution is -2.21. The van der Waals surface area contributed by atoms with Crippen molar-refractivity contribution in [2.75, 3.05) is 20.8 Å². The van der Waals surface area contributed by atoms with E-state index in [2.05, 4.69) is 4.98 Å². The average molecular weight is 389 g/mol. The number of pyridine rings is 1. The van der Waals surface area contributed by atoms with Gasteiger partial charge in [0.05, 0.1) is 32.8 Å². The van der Waals surface area contributed by atoms with Crippen LogP contribution in [0.2, 0.25) is 0 Å². The minimum absolute atomic E-state index is 0.105. The third-order valence-electron chi connectivity index (χ3n) is 4.29. The molecule has 2 N–H and O–H groups in total. The number of carbonyl (C=O) groups excluding carboxylic acids is 1. The molecule has 28 heavy (non-hydrogen) atoms. The normalized spacial score (nSPS) is 11.9. The second-order valence-corrected chi connectivity index (χ2v) is 7.03. The third kappa shape index (κ3) is 5.06. The Hall–Kier alpha value is -2.96. The minimum atomic E-state index is -0.704. The molecule has 7 heteroatoms. The zero-order valence-electron chi connectivity index (χ0n) is 16.9. The molecule has 152 valence electrons. The molecule has 0 amide bonds. The van der Waals surface area contributed by atoms with Gasteiger partial charge in [-0.2, -0.15) is 0 Å². The van der Waals surface area contributed by atoms with Crippen LogP contribution < -0.4 is 15.0 Å². The number of aromatic amines is 1. The van der Waals surface area contributed by atoms with Crippen molar-refractivity contribution in [2.45, 2.75) is 33.1 Å². The Morgan fingerprint density at radius 2 is 1.89 bits per heavy atom. The lowest BCUT2D eigenvalue weighted by atomic mass is 9.88. The summed E-state index contributed by atoms with van der Waals surface area (Å²) in [7, 11) is 2.80. The van der Waals surface area contributed by atoms with Crippen LogP contribution in [0.15, 0.2) is 29.1 Å². The van der Waals surface area contributed by atoms with Crippen LogP contribution in [-0.4, -0.2) is 36.9 Å². The SMILES string of the molecule is COC(=O)C[C@@H](c1ccc(OCC(C)C)c(OC)c1)c1c(O)cc(C)[nH]c1=O. The Bertz CT molecular complexity index is 887. The van der Waals surface area contributed by atoms with Gasteiger partial charge in [0, 0.05) is 11.6 Å². The van der Waals surface area contributed by atoms with Gasteiger partial charge in [-0.05, 0) is 36.6 Å². The fourth-order valence-corrected chi connectivity index (χ4v) is 2.93. The van der Waals surface area contributed by atoms with Gasteiger partial charge in [0.25, 0.3) is 5.56 Å². The van der Waals surface area contributed by atoms with Crippen molar-refractivity contribution in [3.63, 3.8) is 0 Å². The first-order chi connectivity index (χ1) is 13.3. The van der Waals surface area contributed by atoms with Gasteiger partial charge in [0.15, 0.2) is 11.5 Å². The van der Waals surface area contributed by atoms with Crippen molar-refractivity contribution in [2.24, 2.45) is 5.92 Å². The van der Waals surface area contributed by atoms with E-state index in [0.29, 0.717) is 35.3 Å². The summed E-state index contributed by atoms with van der Waals surface area (Å²) in [6.07, 6.45) is -0.106. The van der Waals surface area contributed by atoms with Crippen LogP contribution in [0, 0.1) is 12.8 Å². The van der Waals surface area contributed by atoms with E-state index in [0.717, 1.165) is 0 Å². The smallest absolute Gasteiger partial charge is 0.306 e. The maximum Gasteiger partial charge on any atom is 0.306 e. The molecule has 2 rings (SSSR count). The van der Waals surface area contributed by atoms with Gasteiger partial charge in [-0.25, -0.2) is 0 Å². The Labute approximate surface area is 164 Å². The molecule has 1 aromatic carbocycles. The molecule has 1 heterocycles. The van der Waals surface area contributed by atoms with Crippen molar-refractivity contribution in [3.05, 3.63) is 51.4 Å². The summed E-state index contributed by atoms with van der Waals surface area (Å²) in [6.45, 7) is 6.28. The highest BCUT2D eigenvalue weighted by Gasteiger charge is 2.26. The van der Waals surface area contributed by atoms with Crippen molar-refractivity contribution in [1.82, 2.24) is 4.98 Å². The molecule has 0 radical (unpaired) electrons. The van der Waals surface area contributed by atoms with Gasteiger partial charge >= 0.3 is 5.97 Å². The zero-order chi connectivity index (χ0) is 20.8. The van der Waals surface area contributed by atoms with E-state index in [1.165, 1.54) is 20.3 Å². The van der Waals surface area contributed by atoms with E-state index in [1.54, 1.807) is 25.1 Å². The molecule has 0 aliphatic carbocycles. The summed E-state index contributed by atoms with van der Waals surface area (Å²) >= 11 is 0. The first-order valence-electron chi connectivity index (χ1n) is 9.07. The standard InChI is InChI=1S/C21H27NO6/c1-12(2)11-28-17-7-6-14(9-18(17)26-4)15(10-19(24)27-5)20-16(23)8-13(3)22-21(20)25/h6-9,12,15H,10-11H2,1-5H3,(H2,22,23,25)/t15-/m0/s1. The number of carbonyl (C=O) groups is 1. The Kier molecular flexibility index (Phi) is 7.09. The topological polar surface area (TPSA) is 97.8 Å². The Morgan fingerprint density at radius 1 is 1.18 bits per heavy atom. The highest BCUT2D eigenvalue weighted by molar-refractivity contribution is 5.71. The molecule has 1 aromatic heterocycles. The first-order valence-corrected chi connectivity index (χ1v) is 9.07. The van der Waals surface area contributed by atoms with Crippen LogP contribution in [0.1, 0.15) is 43.0 Å². The molecular formula is C21H27NO6. The number of H-pyrrole nitrogens is 1. The number of aromatic hydroxyl groups is 1. The quantitative estimate of drug-likeness (QED) is 0.673. The number of benzene rings is 1. The number of rotatable bonds is 8. The second-order valence-electron chi connectivity index (χ2n) is 7.03. The maximum atomic E-state index is 12.5. The third-order valence-corrected chi connectivity index (χ3v) is 4.29. The van der Waals surface area contributed by atoms with Gasteiger partial charge in [-0.1, -0.05) is 19.9 Å². The largest absolute Gasteiger partial charge is 0.507 e. The molecule has 0 unspecified atom stereocenters. The molecule has 0 saturated carbocycles. The highest BCUT2D eigenvalue weighted by atomic mass is 16.5. The Balaban J connectivity index is 2.53. The summed E-state index contributed by atoms with van der Waals surface area (Å²) in [4.78, 5) is 27.2. The van der Waals surface area contributed by atoms with Gasteiger partial charge in [0.1, 0.15) is 5.75 Å². The Morgan fingerprint density at radius 3 is 2.46 bits per heavy atom. The lowest BCUT2D eigenvalue weighted by molar-refractivity contribution is -0.140. The molecule has 0 aliphatic heterocycles. The van der Waals surface area contributed by atoms with E-state index in [9.17, 15) is 14.7 Å². The van der Waals surface area contributed by atoms with Gasteiger partial charge in [0.2, 0.25) is 0 Å². The fourth-order valence-electron chi connectivity index (χ4n) is 2.93.